The number of piperazine rings is 1. The zero-order valence-corrected chi connectivity index (χ0v) is 17.3. The van der Waals surface area contributed by atoms with E-state index in [1.165, 1.54) is 24.4 Å². The van der Waals surface area contributed by atoms with Crippen molar-refractivity contribution >= 4 is 39.9 Å². The van der Waals surface area contributed by atoms with Gasteiger partial charge in [0.05, 0.1) is 12.1 Å². The van der Waals surface area contributed by atoms with Gasteiger partial charge in [-0.2, -0.15) is 13.2 Å². The quantitative estimate of drug-likeness (QED) is 0.722. The second-order valence-electron chi connectivity index (χ2n) is 6.81. The number of hydrogen-bond acceptors (Lipinski definition) is 6. The topological polar surface area (TPSA) is 94.6 Å². The van der Waals surface area contributed by atoms with E-state index in [0.29, 0.717) is 26.2 Å². The van der Waals surface area contributed by atoms with Crippen molar-refractivity contribution in [2.75, 3.05) is 38.0 Å². The minimum atomic E-state index is -4.46. The number of hydrogen-bond donors (Lipinski definition) is 2. The summed E-state index contributed by atoms with van der Waals surface area (Å²) in [6.45, 7) is 2.96. The Hall–Kier alpha value is -3.15. The molecule has 1 aliphatic heterocycles. The van der Waals surface area contributed by atoms with Gasteiger partial charge >= 0.3 is 6.18 Å². The number of anilines is 2. The summed E-state index contributed by atoms with van der Waals surface area (Å²) in [6.07, 6.45) is -4.46. The molecule has 2 heterocycles. The highest BCUT2D eigenvalue weighted by molar-refractivity contribution is 7.14. The molecule has 1 aromatic heterocycles. The Morgan fingerprint density at radius 1 is 1.13 bits per heavy atom. The van der Waals surface area contributed by atoms with Crippen molar-refractivity contribution < 1.29 is 27.6 Å². The number of aromatic nitrogens is 1. The smallest absolute Gasteiger partial charge is 0.342 e. The molecule has 31 heavy (non-hydrogen) atoms. The maximum Gasteiger partial charge on any atom is 0.416 e. The van der Waals surface area contributed by atoms with E-state index in [0.717, 1.165) is 23.5 Å². The van der Waals surface area contributed by atoms with Gasteiger partial charge in [0.15, 0.2) is 5.13 Å². The van der Waals surface area contributed by atoms with Crippen LogP contribution in [0, 0.1) is 0 Å². The molecular weight excluding hydrogens is 435 g/mol. The number of rotatable bonds is 5. The Morgan fingerprint density at radius 3 is 2.45 bits per heavy atom. The first kappa shape index (κ1) is 22.5. The van der Waals surface area contributed by atoms with E-state index in [9.17, 15) is 27.6 Å². The van der Waals surface area contributed by atoms with Gasteiger partial charge in [-0.05, 0) is 18.2 Å². The average Bonchev–Trinajstić information content (AvgIpc) is 3.20. The van der Waals surface area contributed by atoms with Crippen molar-refractivity contribution in [1.29, 1.82) is 0 Å². The van der Waals surface area contributed by atoms with E-state index in [-0.39, 0.29) is 34.9 Å². The van der Waals surface area contributed by atoms with Crippen LogP contribution in [0.1, 0.15) is 23.0 Å². The van der Waals surface area contributed by atoms with Gasteiger partial charge in [0.2, 0.25) is 11.8 Å². The van der Waals surface area contributed by atoms with E-state index in [1.807, 2.05) is 0 Å². The zero-order chi connectivity index (χ0) is 22.6. The zero-order valence-electron chi connectivity index (χ0n) is 16.5. The molecule has 3 rings (SSSR count). The molecule has 1 aromatic carbocycles. The molecule has 1 saturated heterocycles. The van der Waals surface area contributed by atoms with Crippen LogP contribution in [-0.4, -0.2) is 65.2 Å². The van der Waals surface area contributed by atoms with E-state index in [1.54, 1.807) is 9.80 Å². The average molecular weight is 455 g/mol. The van der Waals surface area contributed by atoms with E-state index >= 15 is 0 Å². The van der Waals surface area contributed by atoms with Crippen LogP contribution < -0.4 is 10.6 Å². The molecule has 2 N–H and O–H groups in total. The van der Waals surface area contributed by atoms with Gasteiger partial charge < -0.3 is 20.4 Å². The van der Waals surface area contributed by atoms with Gasteiger partial charge in [-0.1, -0.05) is 6.07 Å². The molecule has 0 aliphatic carbocycles. The van der Waals surface area contributed by atoms with Gasteiger partial charge in [0, 0.05) is 44.2 Å². The largest absolute Gasteiger partial charge is 0.416 e. The van der Waals surface area contributed by atoms with Crippen LogP contribution in [0.25, 0.3) is 0 Å². The third kappa shape index (κ3) is 5.94. The first-order valence-electron chi connectivity index (χ1n) is 9.35. The number of carbonyl (C=O) groups is 3. The highest BCUT2D eigenvalue weighted by atomic mass is 32.1. The summed E-state index contributed by atoms with van der Waals surface area (Å²) in [5.74, 6) is -0.878. The van der Waals surface area contributed by atoms with Crippen molar-refractivity contribution in [2.45, 2.75) is 13.1 Å². The molecule has 12 heteroatoms. The third-order valence-electron chi connectivity index (χ3n) is 4.66. The monoisotopic (exact) mass is 455 g/mol. The Balaban J connectivity index is 1.51. The number of amides is 3. The molecular formula is C19H20F3N5O3S. The third-order valence-corrected chi connectivity index (χ3v) is 5.41. The molecule has 8 nitrogen and oxygen atoms in total. The lowest BCUT2D eigenvalue weighted by molar-refractivity contribution is -0.137. The lowest BCUT2D eigenvalue weighted by Crippen LogP contribution is -2.52. The summed E-state index contributed by atoms with van der Waals surface area (Å²) < 4.78 is 38.4. The number of carbonyl (C=O) groups excluding carboxylic acids is 3. The number of alkyl halides is 3. The van der Waals surface area contributed by atoms with Crippen LogP contribution in [0.4, 0.5) is 24.0 Å². The molecule has 1 aliphatic rings. The molecule has 0 unspecified atom stereocenters. The van der Waals surface area contributed by atoms with Crippen molar-refractivity contribution in [2.24, 2.45) is 0 Å². The molecule has 0 spiro atoms. The first-order chi connectivity index (χ1) is 14.6. The molecule has 0 radical (unpaired) electrons. The van der Waals surface area contributed by atoms with Gasteiger partial charge in [0.1, 0.15) is 5.69 Å². The first-order valence-corrected chi connectivity index (χ1v) is 10.2. The van der Waals surface area contributed by atoms with Gasteiger partial charge in [-0.3, -0.25) is 14.4 Å². The Bertz CT molecular complexity index is 971. The van der Waals surface area contributed by atoms with Gasteiger partial charge in [-0.25, -0.2) is 4.98 Å². The number of halogens is 3. The second kappa shape index (κ2) is 9.33. The standard InChI is InChI=1S/C19H20F3N5O3S/c1-12(28)26-5-7-27(8-6-26)16(29)10-23-17(30)15-11-31-18(25-15)24-14-4-2-3-13(9-14)19(20,21)22/h2-4,9,11H,5-8,10H2,1H3,(H,23,30)(H,24,25). The fourth-order valence-corrected chi connectivity index (χ4v) is 3.67. The fraction of sp³-hybridized carbons (Fsp3) is 0.368. The number of benzene rings is 1. The minimum Gasteiger partial charge on any atom is -0.342 e. The summed E-state index contributed by atoms with van der Waals surface area (Å²) in [4.78, 5) is 43.1. The molecule has 2 aromatic rings. The van der Waals surface area contributed by atoms with E-state index in [4.69, 9.17) is 0 Å². The summed E-state index contributed by atoms with van der Waals surface area (Å²) >= 11 is 1.05. The van der Waals surface area contributed by atoms with E-state index < -0.39 is 17.6 Å². The normalized spacial score (nSPS) is 14.3. The second-order valence-corrected chi connectivity index (χ2v) is 7.67. The lowest BCUT2D eigenvalue weighted by Gasteiger charge is -2.34. The van der Waals surface area contributed by atoms with Gasteiger partial charge in [0.25, 0.3) is 5.91 Å². The summed E-state index contributed by atoms with van der Waals surface area (Å²) in [7, 11) is 0. The van der Waals surface area contributed by atoms with Gasteiger partial charge in [-0.15, -0.1) is 11.3 Å². The lowest BCUT2D eigenvalue weighted by atomic mass is 10.2. The van der Waals surface area contributed by atoms with Crippen LogP contribution in [0.3, 0.4) is 0 Å². The summed E-state index contributed by atoms with van der Waals surface area (Å²) in [5.41, 5.74) is -0.556. The molecule has 0 bridgehead atoms. The molecule has 3 amide bonds. The van der Waals surface area contributed by atoms with Crippen molar-refractivity contribution in [3.63, 3.8) is 0 Å². The Morgan fingerprint density at radius 2 is 1.81 bits per heavy atom. The molecule has 166 valence electrons. The number of nitrogens with one attached hydrogen (secondary N) is 2. The Labute approximate surface area is 180 Å². The number of thiazole rings is 1. The van der Waals surface area contributed by atoms with Crippen LogP contribution >= 0.6 is 11.3 Å². The molecule has 1 fully saturated rings. The molecule has 0 saturated carbocycles. The minimum absolute atomic E-state index is 0.0431. The molecule has 0 atom stereocenters. The van der Waals surface area contributed by atoms with Crippen LogP contribution in [0.5, 0.6) is 0 Å². The maximum absolute atomic E-state index is 12.8. The van der Waals surface area contributed by atoms with Crippen molar-refractivity contribution in [1.82, 2.24) is 20.1 Å². The summed E-state index contributed by atoms with van der Waals surface area (Å²) in [5, 5.41) is 6.93. The maximum atomic E-state index is 12.8. The predicted molar refractivity (Wildman–Crippen MR) is 108 cm³/mol. The number of nitrogens with zero attached hydrogens (tertiary/aromatic N) is 3. The highest BCUT2D eigenvalue weighted by Gasteiger charge is 2.30. The fourth-order valence-electron chi connectivity index (χ4n) is 2.96. The van der Waals surface area contributed by atoms with Crippen molar-refractivity contribution in [3.05, 3.63) is 40.9 Å². The summed E-state index contributed by atoms with van der Waals surface area (Å²) in [6, 6.07) is 4.64. The van der Waals surface area contributed by atoms with Crippen LogP contribution in [-0.2, 0) is 15.8 Å². The predicted octanol–water partition coefficient (Wildman–Crippen LogP) is 2.33. The van der Waals surface area contributed by atoms with Crippen molar-refractivity contribution in [3.8, 4) is 0 Å². The highest BCUT2D eigenvalue weighted by Crippen LogP contribution is 2.31. The van der Waals surface area contributed by atoms with Crippen LogP contribution in [0.15, 0.2) is 29.6 Å². The Kier molecular flexibility index (Phi) is 6.78. The SMILES string of the molecule is CC(=O)N1CCN(C(=O)CNC(=O)c2csc(Nc3cccc(C(F)(F)F)c3)n2)CC1. The van der Waals surface area contributed by atoms with E-state index in [2.05, 4.69) is 15.6 Å². The van der Waals surface area contributed by atoms with Crippen LogP contribution in [0.2, 0.25) is 0 Å².